The maximum absolute atomic E-state index is 12.9. The predicted octanol–water partition coefficient (Wildman–Crippen LogP) is 3.87. The second-order valence-corrected chi connectivity index (χ2v) is 8.31. The Kier molecular flexibility index (Phi) is 9.72. The van der Waals surface area contributed by atoms with E-state index in [4.69, 9.17) is 14.2 Å². The Morgan fingerprint density at radius 1 is 1.03 bits per heavy atom. The predicted molar refractivity (Wildman–Crippen MR) is 126 cm³/mol. The molecule has 1 heterocycles. The summed E-state index contributed by atoms with van der Waals surface area (Å²) in [6, 6.07) is 19.3. The third kappa shape index (κ3) is 7.58. The van der Waals surface area contributed by atoms with Gasteiger partial charge in [-0.05, 0) is 24.5 Å². The van der Waals surface area contributed by atoms with E-state index in [1.807, 2.05) is 72.5 Å². The number of hydrogen-bond donors (Lipinski definition) is 0. The Morgan fingerprint density at radius 2 is 1.67 bits per heavy atom. The van der Waals surface area contributed by atoms with Crippen LogP contribution in [0, 0.1) is 0 Å². The van der Waals surface area contributed by atoms with Gasteiger partial charge in [0.2, 0.25) is 5.91 Å². The van der Waals surface area contributed by atoms with E-state index in [1.54, 1.807) is 12.0 Å². The molecule has 0 radical (unpaired) electrons. The van der Waals surface area contributed by atoms with Crippen LogP contribution in [0.4, 0.5) is 4.79 Å². The lowest BCUT2D eigenvalue weighted by molar-refractivity contribution is -0.134. The van der Waals surface area contributed by atoms with E-state index in [9.17, 15) is 9.59 Å². The summed E-state index contributed by atoms with van der Waals surface area (Å²) in [6.45, 7) is 4.42. The largest absolute Gasteiger partial charge is 0.445 e. The normalized spacial score (nSPS) is 17.5. The number of benzene rings is 2. The zero-order chi connectivity index (χ0) is 23.5. The highest BCUT2D eigenvalue weighted by Gasteiger charge is 2.33. The Morgan fingerprint density at radius 3 is 2.30 bits per heavy atom. The van der Waals surface area contributed by atoms with Gasteiger partial charge in [-0.25, -0.2) is 4.79 Å². The van der Waals surface area contributed by atoms with Crippen molar-refractivity contribution in [1.29, 1.82) is 0 Å². The van der Waals surface area contributed by atoms with Crippen LogP contribution in [0.3, 0.4) is 0 Å². The van der Waals surface area contributed by atoms with Gasteiger partial charge in [0.15, 0.2) is 0 Å². The summed E-state index contributed by atoms with van der Waals surface area (Å²) in [7, 11) is 1.64. The number of nitrogens with zero attached hydrogens (tertiary/aromatic N) is 2. The molecule has 0 unspecified atom stereocenters. The van der Waals surface area contributed by atoms with Crippen LogP contribution in [0.2, 0.25) is 0 Å². The van der Waals surface area contributed by atoms with Gasteiger partial charge in [-0.15, -0.1) is 0 Å². The zero-order valence-electron chi connectivity index (χ0n) is 19.5. The SMILES string of the molecule is COC[C@@H](CCOCc1ccccc1)N1C[C@H](C)N(C(=O)OCc2ccccc2)CCC1=O. The first kappa shape index (κ1) is 24.7. The zero-order valence-corrected chi connectivity index (χ0v) is 19.5. The first-order chi connectivity index (χ1) is 16.1. The minimum absolute atomic E-state index is 0.0188. The van der Waals surface area contributed by atoms with E-state index in [-0.39, 0.29) is 31.0 Å². The number of methoxy groups -OCH3 is 1. The van der Waals surface area contributed by atoms with Crippen molar-refractivity contribution < 1.29 is 23.8 Å². The molecular weight excluding hydrogens is 420 g/mol. The van der Waals surface area contributed by atoms with Crippen molar-refractivity contribution in [3.63, 3.8) is 0 Å². The number of hydrogen-bond acceptors (Lipinski definition) is 5. The van der Waals surface area contributed by atoms with Gasteiger partial charge in [0, 0.05) is 39.3 Å². The standard InChI is InChI=1S/C26H34N2O5/c1-21-17-28(24(20-31-2)14-16-32-18-22-9-5-3-6-10-22)25(29)13-15-27(21)26(30)33-19-23-11-7-4-8-12-23/h3-12,21,24H,13-20H2,1-2H3/t21-,24+/m0/s1. The lowest BCUT2D eigenvalue weighted by Gasteiger charge is -2.33. The van der Waals surface area contributed by atoms with Crippen LogP contribution >= 0.6 is 0 Å². The second kappa shape index (κ2) is 13.0. The molecule has 0 aromatic heterocycles. The van der Waals surface area contributed by atoms with Crippen molar-refractivity contribution in [1.82, 2.24) is 9.80 Å². The van der Waals surface area contributed by atoms with Crippen LogP contribution in [0.15, 0.2) is 60.7 Å². The lowest BCUT2D eigenvalue weighted by atomic mass is 10.1. The van der Waals surface area contributed by atoms with Gasteiger partial charge >= 0.3 is 6.09 Å². The Balaban J connectivity index is 1.53. The fourth-order valence-electron chi connectivity index (χ4n) is 4.00. The van der Waals surface area contributed by atoms with Crippen LogP contribution in [0.1, 0.15) is 30.9 Å². The molecule has 178 valence electrons. The Bertz CT molecular complexity index is 862. The average Bonchev–Trinajstić information content (AvgIpc) is 2.99. The van der Waals surface area contributed by atoms with Crippen LogP contribution in [-0.4, -0.2) is 67.3 Å². The fourth-order valence-corrected chi connectivity index (χ4v) is 4.00. The summed E-state index contributed by atoms with van der Waals surface area (Å²) in [5, 5.41) is 0. The van der Waals surface area contributed by atoms with E-state index in [2.05, 4.69) is 0 Å². The molecule has 2 aromatic rings. The van der Waals surface area contributed by atoms with Crippen LogP contribution in [-0.2, 0) is 32.2 Å². The first-order valence-electron chi connectivity index (χ1n) is 11.5. The summed E-state index contributed by atoms with van der Waals surface area (Å²) in [6.07, 6.45) is 0.531. The minimum atomic E-state index is -0.393. The van der Waals surface area contributed by atoms with Crippen LogP contribution in [0.5, 0.6) is 0 Å². The molecule has 0 aliphatic carbocycles. The van der Waals surface area contributed by atoms with Gasteiger partial charge in [0.25, 0.3) is 0 Å². The molecule has 2 atom stereocenters. The molecule has 33 heavy (non-hydrogen) atoms. The molecule has 2 aromatic carbocycles. The fraction of sp³-hybridized carbons (Fsp3) is 0.462. The molecule has 1 aliphatic heterocycles. The molecule has 0 saturated carbocycles. The number of carbonyl (C=O) groups is 2. The van der Waals surface area contributed by atoms with Crippen molar-refractivity contribution in [3.8, 4) is 0 Å². The summed E-state index contributed by atoms with van der Waals surface area (Å²) < 4.78 is 16.7. The van der Waals surface area contributed by atoms with Crippen molar-refractivity contribution in [3.05, 3.63) is 71.8 Å². The minimum Gasteiger partial charge on any atom is -0.445 e. The molecule has 0 spiro atoms. The van der Waals surface area contributed by atoms with Gasteiger partial charge in [-0.1, -0.05) is 60.7 Å². The second-order valence-electron chi connectivity index (χ2n) is 8.31. The molecule has 1 fully saturated rings. The monoisotopic (exact) mass is 454 g/mol. The maximum Gasteiger partial charge on any atom is 0.410 e. The molecular formula is C26H34N2O5. The Labute approximate surface area is 196 Å². The van der Waals surface area contributed by atoms with Gasteiger partial charge in [0.05, 0.1) is 19.3 Å². The smallest absolute Gasteiger partial charge is 0.410 e. The number of amides is 2. The molecule has 7 heteroatoms. The molecule has 3 rings (SSSR count). The molecule has 7 nitrogen and oxygen atoms in total. The highest BCUT2D eigenvalue weighted by Crippen LogP contribution is 2.18. The Hall–Kier alpha value is -2.90. The quantitative estimate of drug-likeness (QED) is 0.510. The van der Waals surface area contributed by atoms with E-state index in [0.717, 1.165) is 11.1 Å². The number of carbonyl (C=O) groups excluding carboxylic acids is 2. The van der Waals surface area contributed by atoms with E-state index in [1.165, 1.54) is 0 Å². The lowest BCUT2D eigenvalue weighted by Crippen LogP contribution is -2.48. The van der Waals surface area contributed by atoms with Crippen molar-refractivity contribution in [2.45, 2.75) is 45.1 Å². The molecule has 0 bridgehead atoms. The van der Waals surface area contributed by atoms with Gasteiger partial charge in [-0.3, -0.25) is 4.79 Å². The third-order valence-corrected chi connectivity index (χ3v) is 5.83. The van der Waals surface area contributed by atoms with E-state index < -0.39 is 6.09 Å². The van der Waals surface area contributed by atoms with Gasteiger partial charge < -0.3 is 24.0 Å². The average molecular weight is 455 g/mol. The summed E-state index contributed by atoms with van der Waals surface area (Å²) in [5.41, 5.74) is 2.05. The highest BCUT2D eigenvalue weighted by atomic mass is 16.6. The molecule has 1 saturated heterocycles. The van der Waals surface area contributed by atoms with E-state index >= 15 is 0 Å². The number of rotatable bonds is 10. The van der Waals surface area contributed by atoms with Crippen LogP contribution < -0.4 is 0 Å². The molecule has 0 N–H and O–H groups in total. The van der Waals surface area contributed by atoms with Gasteiger partial charge in [-0.2, -0.15) is 0 Å². The topological polar surface area (TPSA) is 68.3 Å². The highest BCUT2D eigenvalue weighted by molar-refractivity contribution is 5.78. The summed E-state index contributed by atoms with van der Waals surface area (Å²) >= 11 is 0. The van der Waals surface area contributed by atoms with Crippen LogP contribution in [0.25, 0.3) is 0 Å². The van der Waals surface area contributed by atoms with Crippen molar-refractivity contribution >= 4 is 12.0 Å². The third-order valence-electron chi connectivity index (χ3n) is 5.83. The van der Waals surface area contributed by atoms with Crippen molar-refractivity contribution in [2.75, 3.05) is 33.4 Å². The summed E-state index contributed by atoms with van der Waals surface area (Å²) in [5.74, 6) is 0.0188. The van der Waals surface area contributed by atoms with E-state index in [0.29, 0.717) is 39.3 Å². The summed E-state index contributed by atoms with van der Waals surface area (Å²) in [4.78, 5) is 29.1. The first-order valence-corrected chi connectivity index (χ1v) is 11.5. The molecule has 1 aliphatic rings. The maximum atomic E-state index is 12.9. The van der Waals surface area contributed by atoms with Crippen molar-refractivity contribution in [2.24, 2.45) is 0 Å². The number of ether oxygens (including phenoxy) is 3. The molecule has 2 amide bonds. The van der Waals surface area contributed by atoms with Gasteiger partial charge in [0.1, 0.15) is 6.61 Å².